The van der Waals surface area contributed by atoms with Gasteiger partial charge >= 0.3 is 0 Å². The van der Waals surface area contributed by atoms with Gasteiger partial charge in [0.1, 0.15) is 0 Å². The smallest absolute Gasteiger partial charge is 0.0441 e. The zero-order valence-electron chi connectivity index (χ0n) is 11.6. The highest BCUT2D eigenvalue weighted by atomic mass is 35.5. The van der Waals surface area contributed by atoms with Crippen LogP contribution < -0.4 is 4.90 Å². The highest BCUT2D eigenvalue weighted by Crippen LogP contribution is 2.21. The molecule has 0 heterocycles. The zero-order valence-corrected chi connectivity index (χ0v) is 12.3. The molecule has 0 bridgehead atoms. The van der Waals surface area contributed by atoms with Crippen LogP contribution in [0.1, 0.15) is 18.1 Å². The summed E-state index contributed by atoms with van der Waals surface area (Å²) in [6, 6.07) is 16.6. The summed E-state index contributed by atoms with van der Waals surface area (Å²) in [6.07, 6.45) is 0.980. The standard InChI is InChI=1S/C17H20ClN/c1-3-19(15-9-5-4-6-10-15)13-12-16-14(2)8-7-11-17(16)18/h4-11H,3,12-13H2,1-2H3. The van der Waals surface area contributed by atoms with Crippen LogP contribution in [0.3, 0.4) is 0 Å². The third-order valence-electron chi connectivity index (χ3n) is 3.49. The van der Waals surface area contributed by atoms with Crippen molar-refractivity contribution in [3.63, 3.8) is 0 Å². The molecule has 100 valence electrons. The van der Waals surface area contributed by atoms with Crippen LogP contribution in [0.5, 0.6) is 0 Å². The molecule has 0 saturated heterocycles. The molecule has 0 aliphatic rings. The van der Waals surface area contributed by atoms with Crippen molar-refractivity contribution < 1.29 is 0 Å². The Morgan fingerprint density at radius 3 is 2.37 bits per heavy atom. The Morgan fingerprint density at radius 2 is 1.74 bits per heavy atom. The minimum Gasteiger partial charge on any atom is -0.371 e. The van der Waals surface area contributed by atoms with E-state index in [0.717, 1.165) is 24.5 Å². The third-order valence-corrected chi connectivity index (χ3v) is 3.84. The van der Waals surface area contributed by atoms with Gasteiger partial charge in [-0.25, -0.2) is 0 Å². The van der Waals surface area contributed by atoms with E-state index in [4.69, 9.17) is 11.6 Å². The third kappa shape index (κ3) is 3.51. The first kappa shape index (κ1) is 14.0. The summed E-state index contributed by atoms with van der Waals surface area (Å²) in [4.78, 5) is 2.38. The Hall–Kier alpha value is -1.47. The summed E-state index contributed by atoms with van der Waals surface area (Å²) in [5.41, 5.74) is 3.81. The predicted molar refractivity (Wildman–Crippen MR) is 84.2 cm³/mol. The first-order valence-corrected chi connectivity index (χ1v) is 7.14. The fourth-order valence-electron chi connectivity index (χ4n) is 2.34. The average Bonchev–Trinajstić information content (AvgIpc) is 2.43. The molecule has 0 fully saturated rings. The van der Waals surface area contributed by atoms with Crippen LogP contribution in [-0.2, 0) is 6.42 Å². The van der Waals surface area contributed by atoms with Gasteiger partial charge in [-0.1, -0.05) is 41.9 Å². The monoisotopic (exact) mass is 273 g/mol. The summed E-state index contributed by atoms with van der Waals surface area (Å²) in [6.45, 7) is 6.31. The van der Waals surface area contributed by atoms with Crippen molar-refractivity contribution in [2.24, 2.45) is 0 Å². The molecule has 0 atom stereocenters. The van der Waals surface area contributed by atoms with Crippen LogP contribution in [-0.4, -0.2) is 13.1 Å². The van der Waals surface area contributed by atoms with Gasteiger partial charge in [-0.2, -0.15) is 0 Å². The maximum atomic E-state index is 6.28. The van der Waals surface area contributed by atoms with Gasteiger partial charge in [0, 0.05) is 23.8 Å². The van der Waals surface area contributed by atoms with Gasteiger partial charge in [-0.15, -0.1) is 0 Å². The van der Waals surface area contributed by atoms with Crippen LogP contribution >= 0.6 is 11.6 Å². The topological polar surface area (TPSA) is 3.24 Å². The van der Waals surface area contributed by atoms with Crippen molar-refractivity contribution in [3.05, 3.63) is 64.7 Å². The van der Waals surface area contributed by atoms with Gasteiger partial charge in [-0.05, 0) is 49.6 Å². The molecule has 0 aliphatic heterocycles. The van der Waals surface area contributed by atoms with E-state index in [0.29, 0.717) is 0 Å². The van der Waals surface area contributed by atoms with Gasteiger partial charge in [0.2, 0.25) is 0 Å². The van der Waals surface area contributed by atoms with Gasteiger partial charge < -0.3 is 4.90 Å². The molecule has 0 N–H and O–H groups in total. The summed E-state index contributed by atoms with van der Waals surface area (Å²) in [7, 11) is 0. The van der Waals surface area contributed by atoms with Gasteiger partial charge in [-0.3, -0.25) is 0 Å². The number of likely N-dealkylation sites (N-methyl/N-ethyl adjacent to an activating group) is 1. The number of rotatable bonds is 5. The van der Waals surface area contributed by atoms with Crippen LogP contribution in [0, 0.1) is 6.92 Å². The molecule has 2 rings (SSSR count). The molecule has 19 heavy (non-hydrogen) atoms. The molecule has 0 saturated carbocycles. The molecule has 2 heteroatoms. The molecular weight excluding hydrogens is 254 g/mol. The highest BCUT2D eigenvalue weighted by Gasteiger charge is 2.07. The molecule has 0 aliphatic carbocycles. The SMILES string of the molecule is CCN(CCc1c(C)cccc1Cl)c1ccccc1. The van der Waals surface area contributed by atoms with Crippen LogP contribution in [0.4, 0.5) is 5.69 Å². The van der Waals surface area contributed by atoms with E-state index in [2.05, 4.69) is 55.1 Å². The molecule has 2 aromatic carbocycles. The summed E-state index contributed by atoms with van der Waals surface area (Å²) in [5, 5.41) is 0.879. The molecule has 0 aromatic heterocycles. The molecule has 0 unspecified atom stereocenters. The van der Waals surface area contributed by atoms with Crippen molar-refractivity contribution >= 4 is 17.3 Å². The number of anilines is 1. The number of hydrogen-bond acceptors (Lipinski definition) is 1. The Balaban J connectivity index is 2.09. The average molecular weight is 274 g/mol. The van der Waals surface area contributed by atoms with Crippen molar-refractivity contribution in [3.8, 4) is 0 Å². The molecule has 1 nitrogen and oxygen atoms in total. The molecule has 0 radical (unpaired) electrons. The van der Waals surface area contributed by atoms with E-state index in [1.807, 2.05) is 12.1 Å². The van der Waals surface area contributed by atoms with E-state index < -0.39 is 0 Å². The molecular formula is C17H20ClN. The Morgan fingerprint density at radius 1 is 1.00 bits per heavy atom. The van der Waals surface area contributed by atoms with E-state index >= 15 is 0 Å². The second-order valence-electron chi connectivity index (χ2n) is 4.70. The Bertz CT molecular complexity index is 502. The van der Waals surface area contributed by atoms with Gasteiger partial charge in [0.15, 0.2) is 0 Å². The lowest BCUT2D eigenvalue weighted by atomic mass is 10.1. The first-order chi connectivity index (χ1) is 9.22. The van der Waals surface area contributed by atoms with Crippen molar-refractivity contribution in [2.45, 2.75) is 20.3 Å². The van der Waals surface area contributed by atoms with Crippen LogP contribution in [0.2, 0.25) is 5.02 Å². The van der Waals surface area contributed by atoms with E-state index in [1.165, 1.54) is 16.8 Å². The predicted octanol–water partition coefficient (Wildman–Crippen LogP) is 4.72. The lowest BCUT2D eigenvalue weighted by Gasteiger charge is -2.23. The lowest BCUT2D eigenvalue weighted by molar-refractivity contribution is 0.806. The largest absolute Gasteiger partial charge is 0.371 e. The number of nitrogens with zero attached hydrogens (tertiary/aromatic N) is 1. The minimum absolute atomic E-state index is 0.879. The quantitative estimate of drug-likeness (QED) is 0.762. The second kappa shape index (κ2) is 6.63. The second-order valence-corrected chi connectivity index (χ2v) is 5.11. The fourth-order valence-corrected chi connectivity index (χ4v) is 2.65. The van der Waals surface area contributed by atoms with Crippen LogP contribution in [0.25, 0.3) is 0 Å². The van der Waals surface area contributed by atoms with Crippen molar-refractivity contribution in [1.82, 2.24) is 0 Å². The number of para-hydroxylation sites is 1. The van der Waals surface area contributed by atoms with E-state index in [1.54, 1.807) is 0 Å². The van der Waals surface area contributed by atoms with Crippen molar-refractivity contribution in [1.29, 1.82) is 0 Å². The molecule has 0 spiro atoms. The molecule has 2 aromatic rings. The zero-order chi connectivity index (χ0) is 13.7. The Kier molecular flexibility index (Phi) is 4.86. The van der Waals surface area contributed by atoms with Crippen molar-refractivity contribution in [2.75, 3.05) is 18.0 Å². The number of benzene rings is 2. The van der Waals surface area contributed by atoms with Gasteiger partial charge in [0.25, 0.3) is 0 Å². The fraction of sp³-hybridized carbons (Fsp3) is 0.294. The maximum absolute atomic E-state index is 6.28. The number of hydrogen-bond donors (Lipinski definition) is 0. The molecule has 0 amide bonds. The summed E-state index contributed by atoms with van der Waals surface area (Å²) in [5.74, 6) is 0. The normalized spacial score (nSPS) is 10.5. The Labute approximate surface area is 120 Å². The van der Waals surface area contributed by atoms with E-state index in [9.17, 15) is 0 Å². The lowest BCUT2D eigenvalue weighted by Crippen LogP contribution is -2.25. The summed E-state index contributed by atoms with van der Waals surface area (Å²) < 4.78 is 0. The number of aryl methyl sites for hydroxylation is 1. The van der Waals surface area contributed by atoms with Crippen LogP contribution in [0.15, 0.2) is 48.5 Å². The van der Waals surface area contributed by atoms with Gasteiger partial charge in [0.05, 0.1) is 0 Å². The highest BCUT2D eigenvalue weighted by molar-refractivity contribution is 6.31. The minimum atomic E-state index is 0.879. The maximum Gasteiger partial charge on any atom is 0.0441 e. The number of halogens is 1. The summed E-state index contributed by atoms with van der Waals surface area (Å²) >= 11 is 6.28. The van der Waals surface area contributed by atoms with E-state index in [-0.39, 0.29) is 0 Å². The first-order valence-electron chi connectivity index (χ1n) is 6.76.